The lowest BCUT2D eigenvalue weighted by molar-refractivity contribution is 0.0765. The van der Waals surface area contributed by atoms with Crippen LogP contribution in [0, 0.1) is 0 Å². The van der Waals surface area contributed by atoms with Crippen molar-refractivity contribution in [2.75, 3.05) is 18.5 Å². The highest BCUT2D eigenvalue weighted by Gasteiger charge is 2.16. The van der Waals surface area contributed by atoms with Crippen LogP contribution in [0.3, 0.4) is 0 Å². The predicted octanol–water partition coefficient (Wildman–Crippen LogP) is 2.62. The van der Waals surface area contributed by atoms with Crippen molar-refractivity contribution in [3.8, 4) is 0 Å². The highest BCUT2D eigenvalue weighted by molar-refractivity contribution is 5.30. The molecule has 1 aromatic heterocycles. The molecule has 0 amide bonds. The van der Waals surface area contributed by atoms with Crippen LogP contribution in [-0.4, -0.2) is 28.8 Å². The second kappa shape index (κ2) is 7.43. The lowest BCUT2D eigenvalue weighted by Gasteiger charge is -2.22. The van der Waals surface area contributed by atoms with Crippen molar-refractivity contribution in [1.29, 1.82) is 0 Å². The Labute approximate surface area is 121 Å². The normalized spacial score (nSPS) is 11.9. The van der Waals surface area contributed by atoms with Crippen LogP contribution in [0.1, 0.15) is 47.5 Å². The molecule has 1 aromatic rings. The summed E-state index contributed by atoms with van der Waals surface area (Å²) < 4.78 is 7.17. The first kappa shape index (κ1) is 16.7. The minimum Gasteiger partial charge on any atom is -0.379 e. The number of hydrogen-bond donors (Lipinski definition) is 1. The smallest absolute Gasteiger partial charge is 0.293 e. The first-order chi connectivity index (χ1) is 9.32. The molecule has 1 heterocycles. The fourth-order valence-electron chi connectivity index (χ4n) is 1.81. The second-order valence-corrected chi connectivity index (χ2v) is 6.18. The van der Waals surface area contributed by atoms with Gasteiger partial charge in [-0.05, 0) is 47.5 Å². The maximum Gasteiger partial charge on any atom is 0.293 e. The molecule has 0 unspecified atom stereocenters. The molecule has 0 radical (unpaired) electrons. The molecular formula is C15H27N3O2. The molecule has 0 spiro atoms. The average Bonchev–Trinajstić information content (AvgIpc) is 2.33. The standard InChI is InChI=1S/C15H27N3O2/c1-12(2)20-11-7-6-8-16-13-14(19)18(10-9-17-13)15(3,4)5/h9-10,12H,6-8,11H2,1-5H3,(H,16,17). The van der Waals surface area contributed by atoms with E-state index in [-0.39, 0.29) is 17.2 Å². The third kappa shape index (κ3) is 5.33. The van der Waals surface area contributed by atoms with Gasteiger partial charge in [0.2, 0.25) is 0 Å². The summed E-state index contributed by atoms with van der Waals surface area (Å²) in [6, 6.07) is 0. The summed E-state index contributed by atoms with van der Waals surface area (Å²) in [6.45, 7) is 11.6. The van der Waals surface area contributed by atoms with Crippen LogP contribution < -0.4 is 10.9 Å². The molecule has 1 rings (SSSR count). The second-order valence-electron chi connectivity index (χ2n) is 6.18. The summed E-state index contributed by atoms with van der Waals surface area (Å²) in [5.41, 5.74) is -0.305. The Balaban J connectivity index is 2.47. The van der Waals surface area contributed by atoms with E-state index in [9.17, 15) is 4.79 Å². The number of nitrogens with one attached hydrogen (secondary N) is 1. The lowest BCUT2D eigenvalue weighted by atomic mass is 10.1. The van der Waals surface area contributed by atoms with Gasteiger partial charge in [-0.15, -0.1) is 0 Å². The van der Waals surface area contributed by atoms with E-state index in [1.165, 1.54) is 0 Å². The molecule has 1 N–H and O–H groups in total. The number of hydrogen-bond acceptors (Lipinski definition) is 4. The van der Waals surface area contributed by atoms with Gasteiger partial charge in [0.1, 0.15) is 0 Å². The summed E-state index contributed by atoms with van der Waals surface area (Å²) >= 11 is 0. The Bertz CT molecular complexity index is 461. The molecule has 114 valence electrons. The van der Waals surface area contributed by atoms with E-state index in [1.807, 2.05) is 34.6 Å². The van der Waals surface area contributed by atoms with Gasteiger partial charge >= 0.3 is 0 Å². The van der Waals surface area contributed by atoms with Crippen LogP contribution in [0.15, 0.2) is 17.2 Å². The van der Waals surface area contributed by atoms with E-state index in [4.69, 9.17) is 4.74 Å². The number of rotatable bonds is 7. The van der Waals surface area contributed by atoms with Gasteiger partial charge in [0.05, 0.1) is 6.10 Å². The topological polar surface area (TPSA) is 56.1 Å². The van der Waals surface area contributed by atoms with Crippen LogP contribution >= 0.6 is 0 Å². The van der Waals surface area contributed by atoms with Crippen molar-refractivity contribution in [3.05, 3.63) is 22.7 Å². The van der Waals surface area contributed by atoms with Crippen molar-refractivity contribution in [1.82, 2.24) is 9.55 Å². The Hall–Kier alpha value is -1.36. The molecule has 0 aliphatic rings. The van der Waals surface area contributed by atoms with Crippen molar-refractivity contribution in [3.63, 3.8) is 0 Å². The van der Waals surface area contributed by atoms with Crippen molar-refractivity contribution < 1.29 is 4.74 Å². The first-order valence-electron chi connectivity index (χ1n) is 7.26. The Morgan fingerprint density at radius 1 is 1.35 bits per heavy atom. The maximum atomic E-state index is 12.2. The van der Waals surface area contributed by atoms with Gasteiger partial charge in [0.25, 0.3) is 5.56 Å². The fraction of sp³-hybridized carbons (Fsp3) is 0.733. The van der Waals surface area contributed by atoms with Crippen LogP contribution in [0.25, 0.3) is 0 Å². The Kier molecular flexibility index (Phi) is 6.20. The summed E-state index contributed by atoms with van der Waals surface area (Å²) in [6.07, 6.45) is 5.60. The highest BCUT2D eigenvalue weighted by atomic mass is 16.5. The molecule has 0 atom stereocenters. The molecule has 0 fully saturated rings. The Morgan fingerprint density at radius 3 is 2.65 bits per heavy atom. The van der Waals surface area contributed by atoms with E-state index < -0.39 is 0 Å². The van der Waals surface area contributed by atoms with E-state index in [0.29, 0.717) is 5.82 Å². The van der Waals surface area contributed by atoms with E-state index in [1.54, 1.807) is 17.0 Å². The minimum absolute atomic E-state index is 0.0709. The van der Waals surface area contributed by atoms with Gasteiger partial charge in [0.15, 0.2) is 5.82 Å². The van der Waals surface area contributed by atoms with Crippen LogP contribution in [0.4, 0.5) is 5.82 Å². The van der Waals surface area contributed by atoms with Crippen molar-refractivity contribution in [2.24, 2.45) is 0 Å². The highest BCUT2D eigenvalue weighted by Crippen LogP contribution is 2.10. The van der Waals surface area contributed by atoms with Gasteiger partial charge in [-0.1, -0.05) is 0 Å². The Morgan fingerprint density at radius 2 is 2.05 bits per heavy atom. The molecule has 20 heavy (non-hydrogen) atoms. The van der Waals surface area contributed by atoms with E-state index in [0.717, 1.165) is 26.0 Å². The minimum atomic E-state index is -0.235. The van der Waals surface area contributed by atoms with Gasteiger partial charge < -0.3 is 14.6 Å². The number of aromatic nitrogens is 2. The molecule has 0 aliphatic heterocycles. The zero-order valence-electron chi connectivity index (χ0n) is 13.3. The third-order valence-electron chi connectivity index (χ3n) is 2.88. The summed E-state index contributed by atoms with van der Waals surface area (Å²) in [7, 11) is 0. The van der Waals surface area contributed by atoms with Crippen molar-refractivity contribution >= 4 is 5.82 Å². The lowest BCUT2D eigenvalue weighted by Crippen LogP contribution is -2.35. The number of ether oxygens (including phenoxy) is 1. The zero-order valence-corrected chi connectivity index (χ0v) is 13.3. The summed E-state index contributed by atoms with van der Waals surface area (Å²) in [5.74, 6) is 0.423. The average molecular weight is 281 g/mol. The van der Waals surface area contributed by atoms with Gasteiger partial charge in [-0.3, -0.25) is 4.79 Å². The summed E-state index contributed by atoms with van der Waals surface area (Å²) in [5, 5.41) is 3.11. The fourth-order valence-corrected chi connectivity index (χ4v) is 1.81. The van der Waals surface area contributed by atoms with Gasteiger partial charge in [-0.25, -0.2) is 4.98 Å². The quantitative estimate of drug-likeness (QED) is 0.781. The SMILES string of the molecule is CC(C)OCCCCNc1nccn(C(C)(C)C)c1=O. The van der Waals surface area contributed by atoms with Gasteiger partial charge in [-0.2, -0.15) is 0 Å². The molecule has 0 aliphatic carbocycles. The molecular weight excluding hydrogens is 254 g/mol. The zero-order chi connectivity index (χ0) is 15.2. The number of nitrogens with zero attached hydrogens (tertiary/aromatic N) is 2. The summed E-state index contributed by atoms with van der Waals surface area (Å²) in [4.78, 5) is 16.4. The maximum absolute atomic E-state index is 12.2. The first-order valence-corrected chi connectivity index (χ1v) is 7.26. The van der Waals surface area contributed by atoms with Crippen LogP contribution in [-0.2, 0) is 10.3 Å². The third-order valence-corrected chi connectivity index (χ3v) is 2.88. The van der Waals surface area contributed by atoms with Crippen LogP contribution in [0.2, 0.25) is 0 Å². The predicted molar refractivity (Wildman–Crippen MR) is 82.3 cm³/mol. The molecule has 0 aromatic carbocycles. The van der Waals surface area contributed by atoms with Gasteiger partial charge in [0, 0.05) is 31.1 Å². The number of unbranched alkanes of at least 4 members (excludes halogenated alkanes) is 1. The molecule has 5 nitrogen and oxygen atoms in total. The van der Waals surface area contributed by atoms with E-state index >= 15 is 0 Å². The van der Waals surface area contributed by atoms with Crippen molar-refractivity contribution in [2.45, 2.75) is 59.1 Å². The molecule has 0 saturated carbocycles. The number of anilines is 1. The monoisotopic (exact) mass is 281 g/mol. The largest absolute Gasteiger partial charge is 0.379 e. The van der Waals surface area contributed by atoms with Crippen LogP contribution in [0.5, 0.6) is 0 Å². The molecule has 5 heteroatoms. The molecule has 0 bridgehead atoms. The van der Waals surface area contributed by atoms with E-state index in [2.05, 4.69) is 10.3 Å². The molecule has 0 saturated heterocycles.